The molecule has 0 heterocycles. The number of rotatable bonds is 6. The van der Waals surface area contributed by atoms with Gasteiger partial charge in [0, 0.05) is 10.8 Å². The van der Waals surface area contributed by atoms with Gasteiger partial charge in [-0.05, 0) is 105 Å². The molecule has 238 valence electrons. The number of nitriles is 2. The van der Waals surface area contributed by atoms with Gasteiger partial charge in [-0.2, -0.15) is 10.5 Å². The molecule has 0 aliphatic heterocycles. The zero-order valence-corrected chi connectivity index (χ0v) is 27.4. The second-order valence-corrected chi connectivity index (χ2v) is 12.6. The fourth-order valence-corrected chi connectivity index (χ4v) is 7.80. The molecule has 0 aromatic heterocycles. The first-order chi connectivity index (χ1) is 25.2. The van der Waals surface area contributed by atoms with Crippen molar-refractivity contribution in [2.75, 3.05) is 0 Å². The SMILES string of the molecule is N#Cc1ccc(Oc2cccc3c(C4(c5cccc6c(Oc7ccc(C#N)cc7)cccc56)c5ccccc5-c5ccccc54)cccc23)cc1. The zero-order valence-electron chi connectivity index (χ0n) is 27.4. The van der Waals surface area contributed by atoms with Crippen molar-refractivity contribution in [2.45, 2.75) is 5.41 Å². The fraction of sp³-hybridized carbons (Fsp3) is 0.0213. The third kappa shape index (κ3) is 4.74. The summed E-state index contributed by atoms with van der Waals surface area (Å²) in [6, 6.07) is 61.7. The van der Waals surface area contributed by atoms with Crippen molar-refractivity contribution in [2.24, 2.45) is 0 Å². The Hall–Kier alpha value is -7.14. The van der Waals surface area contributed by atoms with Gasteiger partial charge in [-0.1, -0.05) is 109 Å². The number of nitrogens with zero attached hydrogens (tertiary/aromatic N) is 2. The van der Waals surface area contributed by atoms with Gasteiger partial charge in [-0.15, -0.1) is 0 Å². The molecule has 51 heavy (non-hydrogen) atoms. The van der Waals surface area contributed by atoms with Gasteiger partial charge in [-0.25, -0.2) is 0 Å². The van der Waals surface area contributed by atoms with Crippen LogP contribution in [0.2, 0.25) is 0 Å². The van der Waals surface area contributed by atoms with Crippen molar-refractivity contribution < 1.29 is 9.47 Å². The van der Waals surface area contributed by atoms with Crippen LogP contribution in [0.5, 0.6) is 23.0 Å². The molecule has 0 unspecified atom stereocenters. The molecule has 0 radical (unpaired) electrons. The van der Waals surface area contributed by atoms with E-state index in [-0.39, 0.29) is 0 Å². The van der Waals surface area contributed by atoms with Gasteiger partial charge in [0.25, 0.3) is 0 Å². The van der Waals surface area contributed by atoms with Crippen LogP contribution < -0.4 is 9.47 Å². The lowest BCUT2D eigenvalue weighted by atomic mass is 9.65. The highest BCUT2D eigenvalue weighted by Crippen LogP contribution is 2.59. The largest absolute Gasteiger partial charge is 0.457 e. The van der Waals surface area contributed by atoms with Crippen molar-refractivity contribution in [1.82, 2.24) is 0 Å². The summed E-state index contributed by atoms with van der Waals surface area (Å²) >= 11 is 0. The number of ether oxygens (including phenoxy) is 2. The average Bonchev–Trinajstić information content (AvgIpc) is 3.49. The van der Waals surface area contributed by atoms with E-state index in [0.717, 1.165) is 44.2 Å². The second kappa shape index (κ2) is 12.1. The summed E-state index contributed by atoms with van der Waals surface area (Å²) in [6.45, 7) is 0. The Morgan fingerprint density at radius 2 is 0.725 bits per heavy atom. The number of fused-ring (bicyclic) bond motifs is 5. The first-order valence-corrected chi connectivity index (χ1v) is 16.8. The van der Waals surface area contributed by atoms with E-state index in [1.54, 1.807) is 24.3 Å². The van der Waals surface area contributed by atoms with Crippen LogP contribution in [0.3, 0.4) is 0 Å². The molecule has 1 aliphatic rings. The minimum absolute atomic E-state index is 0.587. The smallest absolute Gasteiger partial charge is 0.135 e. The van der Waals surface area contributed by atoms with Gasteiger partial charge < -0.3 is 9.47 Å². The number of hydrogen-bond donors (Lipinski definition) is 0. The second-order valence-electron chi connectivity index (χ2n) is 12.6. The standard InChI is InChI=1S/C47H28N2O2/c48-29-31-21-25-33(26-22-31)50-45-19-7-11-37-39(45)13-5-17-43(37)47(41-15-3-1-9-35(41)36-10-2-4-16-42(36)47)44-18-6-14-40-38(44)12-8-20-46(40)51-34-27-23-32(30-49)24-28-34/h1-28H. The molecule has 0 bridgehead atoms. The van der Waals surface area contributed by atoms with Crippen molar-refractivity contribution in [3.8, 4) is 46.3 Å². The number of hydrogen-bond acceptors (Lipinski definition) is 4. The molecule has 0 N–H and O–H groups in total. The Bertz CT molecular complexity index is 2530. The maximum absolute atomic E-state index is 9.31. The van der Waals surface area contributed by atoms with Crippen LogP contribution in [0, 0.1) is 22.7 Å². The monoisotopic (exact) mass is 652 g/mol. The molecule has 9 rings (SSSR count). The van der Waals surface area contributed by atoms with Gasteiger partial charge in [0.2, 0.25) is 0 Å². The summed E-state index contributed by atoms with van der Waals surface area (Å²) in [5, 5.41) is 22.8. The van der Waals surface area contributed by atoms with E-state index in [0.29, 0.717) is 22.6 Å². The molecule has 4 heteroatoms. The van der Waals surface area contributed by atoms with E-state index in [4.69, 9.17) is 9.47 Å². The molecule has 4 nitrogen and oxygen atoms in total. The average molecular weight is 653 g/mol. The zero-order chi connectivity index (χ0) is 34.4. The fourth-order valence-electron chi connectivity index (χ4n) is 7.80. The lowest BCUT2D eigenvalue weighted by molar-refractivity contribution is 0.488. The van der Waals surface area contributed by atoms with E-state index >= 15 is 0 Å². The van der Waals surface area contributed by atoms with Crippen LogP contribution in [-0.4, -0.2) is 0 Å². The van der Waals surface area contributed by atoms with Gasteiger partial charge in [0.1, 0.15) is 23.0 Å². The van der Waals surface area contributed by atoms with Gasteiger partial charge in [0.05, 0.1) is 28.7 Å². The van der Waals surface area contributed by atoms with Crippen LogP contribution in [0.25, 0.3) is 32.7 Å². The van der Waals surface area contributed by atoms with Crippen molar-refractivity contribution >= 4 is 21.5 Å². The molecule has 0 atom stereocenters. The topological polar surface area (TPSA) is 66.0 Å². The predicted octanol–water partition coefficient (Wildman–Crippen LogP) is 11.7. The van der Waals surface area contributed by atoms with Gasteiger partial charge in [0.15, 0.2) is 0 Å². The van der Waals surface area contributed by atoms with E-state index in [2.05, 4.69) is 121 Å². The molecule has 1 aliphatic carbocycles. The summed E-state index contributed by atoms with van der Waals surface area (Å²) in [5.74, 6) is 2.82. The first kappa shape index (κ1) is 30.0. The van der Waals surface area contributed by atoms with Crippen LogP contribution in [-0.2, 0) is 5.41 Å². The number of benzene rings is 8. The van der Waals surface area contributed by atoms with Crippen LogP contribution in [0.1, 0.15) is 33.4 Å². The maximum atomic E-state index is 9.31. The van der Waals surface area contributed by atoms with E-state index in [1.807, 2.05) is 36.4 Å². The van der Waals surface area contributed by atoms with E-state index in [1.165, 1.54) is 22.3 Å². The molecular formula is C47H28N2O2. The summed E-state index contributed by atoms with van der Waals surface area (Å²) in [6.07, 6.45) is 0. The maximum Gasteiger partial charge on any atom is 0.135 e. The van der Waals surface area contributed by atoms with E-state index in [9.17, 15) is 10.5 Å². The Morgan fingerprint density at radius 3 is 1.16 bits per heavy atom. The van der Waals surface area contributed by atoms with Crippen LogP contribution >= 0.6 is 0 Å². The summed E-state index contributed by atoms with van der Waals surface area (Å²) in [5.41, 5.74) is 7.61. The third-order valence-electron chi connectivity index (χ3n) is 9.95. The highest BCUT2D eigenvalue weighted by molar-refractivity contribution is 6.01. The summed E-state index contributed by atoms with van der Waals surface area (Å²) in [4.78, 5) is 0. The summed E-state index contributed by atoms with van der Waals surface area (Å²) in [7, 11) is 0. The third-order valence-corrected chi connectivity index (χ3v) is 9.95. The van der Waals surface area contributed by atoms with Gasteiger partial charge >= 0.3 is 0 Å². The van der Waals surface area contributed by atoms with Crippen molar-refractivity contribution in [1.29, 1.82) is 10.5 Å². The van der Waals surface area contributed by atoms with E-state index < -0.39 is 5.41 Å². The molecule has 0 amide bonds. The molecular weight excluding hydrogens is 625 g/mol. The van der Waals surface area contributed by atoms with Crippen molar-refractivity contribution in [3.05, 3.63) is 203 Å². The first-order valence-electron chi connectivity index (χ1n) is 16.8. The lowest BCUT2D eigenvalue weighted by Gasteiger charge is -2.36. The Kier molecular flexibility index (Phi) is 7.09. The van der Waals surface area contributed by atoms with Crippen LogP contribution in [0.15, 0.2) is 170 Å². The normalized spacial score (nSPS) is 12.4. The molecule has 8 aromatic carbocycles. The summed E-state index contributed by atoms with van der Waals surface area (Å²) < 4.78 is 13.0. The molecule has 0 saturated carbocycles. The Morgan fingerprint density at radius 1 is 0.353 bits per heavy atom. The van der Waals surface area contributed by atoms with Crippen molar-refractivity contribution in [3.63, 3.8) is 0 Å². The van der Waals surface area contributed by atoms with Gasteiger partial charge in [-0.3, -0.25) is 0 Å². The predicted molar refractivity (Wildman–Crippen MR) is 201 cm³/mol. The quantitative estimate of drug-likeness (QED) is 0.179. The minimum atomic E-state index is -0.688. The Labute approximate surface area is 295 Å². The Balaban J connectivity index is 1.31. The minimum Gasteiger partial charge on any atom is -0.457 e. The highest BCUT2D eigenvalue weighted by atomic mass is 16.5. The molecule has 0 spiro atoms. The lowest BCUT2D eigenvalue weighted by Crippen LogP contribution is -2.29. The molecule has 0 fully saturated rings. The molecule has 0 saturated heterocycles. The highest BCUT2D eigenvalue weighted by Gasteiger charge is 2.47. The van der Waals surface area contributed by atoms with Crippen LogP contribution in [0.4, 0.5) is 0 Å². The molecule has 8 aromatic rings.